The van der Waals surface area contributed by atoms with Gasteiger partial charge in [-0.05, 0) is 49.2 Å². The van der Waals surface area contributed by atoms with Crippen molar-refractivity contribution in [3.05, 3.63) is 52.5 Å². The maximum atomic E-state index is 12.7. The van der Waals surface area contributed by atoms with Gasteiger partial charge in [0.25, 0.3) is 5.91 Å². The summed E-state index contributed by atoms with van der Waals surface area (Å²) in [7, 11) is 1.59. The molecule has 3 amide bonds. The Kier molecular flexibility index (Phi) is 7.48. The Morgan fingerprint density at radius 3 is 2.48 bits per heavy atom. The Labute approximate surface area is 178 Å². The first-order valence-electron chi connectivity index (χ1n) is 9.56. The molecule has 7 nitrogen and oxygen atoms in total. The largest absolute Gasteiger partial charge is 0.383 e. The average Bonchev–Trinajstić information content (AvgIpc) is 3.22. The normalized spacial score (nSPS) is 13.2. The second kappa shape index (κ2) is 10.3. The van der Waals surface area contributed by atoms with Crippen molar-refractivity contribution in [1.29, 1.82) is 0 Å². The highest BCUT2D eigenvalue weighted by molar-refractivity contribution is 9.10. The lowest BCUT2D eigenvalue weighted by Gasteiger charge is -2.22. The molecule has 0 unspecified atom stereocenters. The van der Waals surface area contributed by atoms with Crippen LogP contribution in [0.15, 0.2) is 46.9 Å². The smallest absolute Gasteiger partial charge is 0.323 e. The molecule has 3 rings (SSSR count). The van der Waals surface area contributed by atoms with Crippen LogP contribution in [0.1, 0.15) is 23.2 Å². The van der Waals surface area contributed by atoms with Crippen molar-refractivity contribution in [2.24, 2.45) is 0 Å². The van der Waals surface area contributed by atoms with Crippen LogP contribution in [0, 0.1) is 0 Å². The summed E-state index contributed by atoms with van der Waals surface area (Å²) in [6, 6.07) is 12.4. The first-order valence-corrected chi connectivity index (χ1v) is 10.4. The van der Waals surface area contributed by atoms with Crippen molar-refractivity contribution in [3.63, 3.8) is 0 Å². The van der Waals surface area contributed by atoms with Crippen LogP contribution >= 0.6 is 15.9 Å². The van der Waals surface area contributed by atoms with Crippen LogP contribution in [0.3, 0.4) is 0 Å². The van der Waals surface area contributed by atoms with Gasteiger partial charge in [-0.3, -0.25) is 4.79 Å². The lowest BCUT2D eigenvalue weighted by atomic mass is 10.1. The molecule has 1 aliphatic heterocycles. The SMILES string of the molecule is COCCNC(=O)c1cc(NC(=O)Nc2cccc(Br)c2)ccc1N1CCCC1. The van der Waals surface area contributed by atoms with Gasteiger partial charge in [0.15, 0.2) is 0 Å². The number of hydrogen-bond acceptors (Lipinski definition) is 4. The number of nitrogens with zero attached hydrogens (tertiary/aromatic N) is 1. The Bertz CT molecular complexity index is 869. The van der Waals surface area contributed by atoms with E-state index < -0.39 is 0 Å². The van der Waals surface area contributed by atoms with Crippen LogP contribution in [0.4, 0.5) is 21.9 Å². The number of hydrogen-bond donors (Lipinski definition) is 3. The third kappa shape index (κ3) is 5.95. The monoisotopic (exact) mass is 460 g/mol. The van der Waals surface area contributed by atoms with Gasteiger partial charge >= 0.3 is 6.03 Å². The van der Waals surface area contributed by atoms with Gasteiger partial charge < -0.3 is 25.6 Å². The average molecular weight is 461 g/mol. The molecular formula is C21H25BrN4O3. The van der Waals surface area contributed by atoms with Crippen molar-refractivity contribution in [1.82, 2.24) is 5.32 Å². The van der Waals surface area contributed by atoms with Crippen molar-refractivity contribution >= 4 is 44.9 Å². The number of urea groups is 1. The number of rotatable bonds is 7. The molecule has 0 saturated carbocycles. The summed E-state index contributed by atoms with van der Waals surface area (Å²) in [5.74, 6) is -0.181. The van der Waals surface area contributed by atoms with E-state index in [1.807, 2.05) is 30.3 Å². The van der Waals surface area contributed by atoms with E-state index in [0.717, 1.165) is 36.1 Å². The molecule has 0 aromatic heterocycles. The van der Waals surface area contributed by atoms with E-state index >= 15 is 0 Å². The maximum absolute atomic E-state index is 12.7. The number of amides is 3. The summed E-state index contributed by atoms with van der Waals surface area (Å²) < 4.78 is 5.88. The van der Waals surface area contributed by atoms with Crippen molar-refractivity contribution < 1.29 is 14.3 Å². The fourth-order valence-electron chi connectivity index (χ4n) is 3.25. The van der Waals surface area contributed by atoms with E-state index in [2.05, 4.69) is 36.8 Å². The molecule has 0 radical (unpaired) electrons. The first-order chi connectivity index (χ1) is 14.1. The lowest BCUT2D eigenvalue weighted by Crippen LogP contribution is -2.30. The van der Waals surface area contributed by atoms with Crippen LogP contribution in [-0.2, 0) is 4.74 Å². The topological polar surface area (TPSA) is 82.7 Å². The third-order valence-electron chi connectivity index (χ3n) is 4.62. The summed E-state index contributed by atoms with van der Waals surface area (Å²) in [6.07, 6.45) is 2.22. The Balaban J connectivity index is 1.75. The van der Waals surface area contributed by atoms with Gasteiger partial charge in [-0.1, -0.05) is 22.0 Å². The minimum absolute atomic E-state index is 0.181. The highest BCUT2D eigenvalue weighted by Crippen LogP contribution is 2.28. The minimum atomic E-state index is -0.372. The van der Waals surface area contributed by atoms with E-state index in [4.69, 9.17) is 4.74 Å². The van der Waals surface area contributed by atoms with E-state index in [1.54, 1.807) is 19.2 Å². The number of benzene rings is 2. The molecule has 2 aromatic carbocycles. The van der Waals surface area contributed by atoms with Gasteiger partial charge in [0.2, 0.25) is 0 Å². The fraction of sp³-hybridized carbons (Fsp3) is 0.333. The number of anilines is 3. The zero-order chi connectivity index (χ0) is 20.6. The molecular weight excluding hydrogens is 436 g/mol. The van der Waals surface area contributed by atoms with Crippen LogP contribution < -0.4 is 20.9 Å². The first kappa shape index (κ1) is 21.1. The predicted molar refractivity (Wildman–Crippen MR) is 119 cm³/mol. The van der Waals surface area contributed by atoms with E-state index in [-0.39, 0.29) is 11.9 Å². The zero-order valence-electron chi connectivity index (χ0n) is 16.3. The van der Waals surface area contributed by atoms with Gasteiger partial charge in [0.05, 0.1) is 12.2 Å². The van der Waals surface area contributed by atoms with Gasteiger partial charge in [-0.25, -0.2) is 4.79 Å². The summed E-state index contributed by atoms with van der Waals surface area (Å²) in [5, 5.41) is 8.45. The van der Waals surface area contributed by atoms with Crippen LogP contribution in [0.2, 0.25) is 0 Å². The second-order valence-corrected chi connectivity index (χ2v) is 7.68. The standard InChI is InChI=1S/C21H25BrN4O3/c1-29-12-9-23-20(27)18-14-17(7-8-19(18)26-10-2-3-11-26)25-21(28)24-16-6-4-5-15(22)13-16/h4-8,13-14H,2-3,9-12H2,1H3,(H,23,27)(H2,24,25,28). The highest BCUT2D eigenvalue weighted by Gasteiger charge is 2.20. The fourth-order valence-corrected chi connectivity index (χ4v) is 3.65. The molecule has 0 bridgehead atoms. The Morgan fingerprint density at radius 1 is 1.07 bits per heavy atom. The molecule has 154 valence electrons. The molecule has 8 heteroatoms. The number of ether oxygens (including phenoxy) is 1. The summed E-state index contributed by atoms with van der Waals surface area (Å²) in [6.45, 7) is 2.72. The van der Waals surface area contributed by atoms with Crippen LogP contribution in [-0.4, -0.2) is 45.3 Å². The number of halogens is 1. The number of nitrogens with one attached hydrogen (secondary N) is 3. The molecule has 3 N–H and O–H groups in total. The number of carbonyl (C=O) groups is 2. The highest BCUT2D eigenvalue weighted by atomic mass is 79.9. The van der Waals surface area contributed by atoms with Crippen molar-refractivity contribution in [2.75, 3.05) is 48.9 Å². The summed E-state index contributed by atoms with van der Waals surface area (Å²) in [5.41, 5.74) is 2.65. The van der Waals surface area contributed by atoms with Crippen LogP contribution in [0.25, 0.3) is 0 Å². The molecule has 1 aliphatic rings. The minimum Gasteiger partial charge on any atom is -0.383 e. The molecule has 1 fully saturated rings. The summed E-state index contributed by atoms with van der Waals surface area (Å²) >= 11 is 3.38. The quantitative estimate of drug-likeness (QED) is 0.543. The van der Waals surface area contributed by atoms with Crippen LogP contribution in [0.5, 0.6) is 0 Å². The summed E-state index contributed by atoms with van der Waals surface area (Å²) in [4.78, 5) is 27.3. The van der Waals surface area contributed by atoms with Gasteiger partial charge in [0, 0.05) is 48.3 Å². The van der Waals surface area contributed by atoms with E-state index in [1.165, 1.54) is 0 Å². The van der Waals surface area contributed by atoms with Crippen molar-refractivity contribution in [3.8, 4) is 0 Å². The molecule has 1 heterocycles. The maximum Gasteiger partial charge on any atom is 0.323 e. The third-order valence-corrected chi connectivity index (χ3v) is 5.11. The number of methoxy groups -OCH3 is 1. The van der Waals surface area contributed by atoms with Gasteiger partial charge in [0.1, 0.15) is 0 Å². The second-order valence-electron chi connectivity index (χ2n) is 6.76. The molecule has 0 spiro atoms. The Hall–Kier alpha value is -2.58. The van der Waals surface area contributed by atoms with Gasteiger partial charge in [-0.2, -0.15) is 0 Å². The zero-order valence-corrected chi connectivity index (χ0v) is 17.9. The Morgan fingerprint density at radius 2 is 1.79 bits per heavy atom. The van der Waals surface area contributed by atoms with Gasteiger partial charge in [-0.15, -0.1) is 0 Å². The molecule has 2 aromatic rings. The van der Waals surface area contributed by atoms with E-state index in [9.17, 15) is 9.59 Å². The molecule has 0 aliphatic carbocycles. The molecule has 29 heavy (non-hydrogen) atoms. The van der Waals surface area contributed by atoms with E-state index in [0.29, 0.717) is 30.1 Å². The van der Waals surface area contributed by atoms with Crippen molar-refractivity contribution in [2.45, 2.75) is 12.8 Å². The number of carbonyl (C=O) groups excluding carboxylic acids is 2. The predicted octanol–water partition coefficient (Wildman–Crippen LogP) is 4.07. The lowest BCUT2D eigenvalue weighted by molar-refractivity contribution is 0.0937. The molecule has 1 saturated heterocycles. The molecule has 0 atom stereocenters.